The van der Waals surface area contributed by atoms with Crippen molar-refractivity contribution in [3.63, 3.8) is 0 Å². The second kappa shape index (κ2) is 5.72. The Morgan fingerprint density at radius 3 is 2.72 bits per heavy atom. The SMILES string of the molecule is Cc1cc2nc(-c3c(N)ncc(C#N)c3-c3cccs3)[nH]c2cc1C. The first kappa shape index (κ1) is 15.4. The highest BCUT2D eigenvalue weighted by molar-refractivity contribution is 7.13. The number of nitrogens with zero attached hydrogens (tertiary/aromatic N) is 3. The van der Waals surface area contributed by atoms with Crippen LogP contribution in [0.1, 0.15) is 16.7 Å². The highest BCUT2D eigenvalue weighted by Gasteiger charge is 2.20. The average molecular weight is 345 g/mol. The van der Waals surface area contributed by atoms with Crippen molar-refractivity contribution < 1.29 is 0 Å². The number of nitrogens with one attached hydrogen (secondary N) is 1. The maximum Gasteiger partial charge on any atom is 0.142 e. The predicted molar refractivity (Wildman–Crippen MR) is 101 cm³/mol. The number of nitriles is 1. The molecule has 0 atom stereocenters. The van der Waals surface area contributed by atoms with Crippen LogP contribution in [0.5, 0.6) is 0 Å². The molecule has 0 aliphatic rings. The molecule has 0 spiro atoms. The number of H-pyrrole nitrogens is 1. The number of fused-ring (bicyclic) bond motifs is 1. The fraction of sp³-hybridized carbons (Fsp3) is 0.105. The number of aryl methyl sites for hydroxylation is 2. The Morgan fingerprint density at radius 2 is 2.00 bits per heavy atom. The van der Waals surface area contributed by atoms with Gasteiger partial charge in [-0.05, 0) is 48.6 Å². The Kier molecular flexibility index (Phi) is 3.52. The number of thiophene rings is 1. The van der Waals surface area contributed by atoms with Gasteiger partial charge in [-0.25, -0.2) is 9.97 Å². The molecule has 4 aromatic rings. The summed E-state index contributed by atoms with van der Waals surface area (Å²) in [5, 5.41) is 11.5. The highest BCUT2D eigenvalue weighted by atomic mass is 32.1. The van der Waals surface area contributed by atoms with E-state index < -0.39 is 0 Å². The van der Waals surface area contributed by atoms with Crippen molar-refractivity contribution in [1.29, 1.82) is 5.26 Å². The van der Waals surface area contributed by atoms with Crippen LogP contribution in [0.25, 0.3) is 32.9 Å². The summed E-state index contributed by atoms with van der Waals surface area (Å²) in [5.74, 6) is 0.986. The van der Waals surface area contributed by atoms with E-state index in [4.69, 9.17) is 10.7 Å². The lowest BCUT2D eigenvalue weighted by molar-refractivity contribution is 1.27. The van der Waals surface area contributed by atoms with Crippen LogP contribution in [0.3, 0.4) is 0 Å². The monoisotopic (exact) mass is 345 g/mol. The van der Waals surface area contributed by atoms with E-state index >= 15 is 0 Å². The van der Waals surface area contributed by atoms with E-state index in [2.05, 4.69) is 36.0 Å². The molecule has 1 aromatic carbocycles. The Labute approximate surface area is 148 Å². The van der Waals surface area contributed by atoms with Gasteiger partial charge in [0, 0.05) is 16.6 Å². The summed E-state index contributed by atoms with van der Waals surface area (Å²) in [5.41, 5.74) is 12.3. The van der Waals surface area contributed by atoms with E-state index in [1.807, 2.05) is 23.6 Å². The van der Waals surface area contributed by atoms with Crippen LogP contribution in [-0.2, 0) is 0 Å². The largest absolute Gasteiger partial charge is 0.383 e. The van der Waals surface area contributed by atoms with Crippen molar-refractivity contribution in [1.82, 2.24) is 15.0 Å². The lowest BCUT2D eigenvalue weighted by Crippen LogP contribution is -2.00. The maximum atomic E-state index is 9.54. The molecule has 6 heteroatoms. The molecule has 0 radical (unpaired) electrons. The first-order chi connectivity index (χ1) is 12.1. The zero-order chi connectivity index (χ0) is 17.6. The quantitative estimate of drug-likeness (QED) is 0.562. The molecule has 0 bridgehead atoms. The normalized spacial score (nSPS) is 10.9. The van der Waals surface area contributed by atoms with Crippen LogP contribution in [0, 0.1) is 25.2 Å². The lowest BCUT2D eigenvalue weighted by Gasteiger charge is -2.10. The number of nitrogen functional groups attached to an aromatic ring is 1. The van der Waals surface area contributed by atoms with Crippen LogP contribution < -0.4 is 5.73 Å². The molecule has 0 aliphatic carbocycles. The summed E-state index contributed by atoms with van der Waals surface area (Å²) in [7, 11) is 0. The number of anilines is 1. The summed E-state index contributed by atoms with van der Waals surface area (Å²) in [6, 6.07) is 10.3. The van der Waals surface area contributed by atoms with E-state index in [1.165, 1.54) is 17.3 Å². The highest BCUT2D eigenvalue weighted by Crippen LogP contribution is 2.39. The number of benzene rings is 1. The summed E-state index contributed by atoms with van der Waals surface area (Å²) in [4.78, 5) is 13.2. The molecule has 3 aromatic heterocycles. The zero-order valence-electron chi connectivity index (χ0n) is 13.8. The van der Waals surface area contributed by atoms with Gasteiger partial charge < -0.3 is 10.7 Å². The Morgan fingerprint density at radius 1 is 1.20 bits per heavy atom. The van der Waals surface area contributed by atoms with E-state index in [9.17, 15) is 5.26 Å². The number of aromatic nitrogens is 3. The third-order valence-corrected chi connectivity index (χ3v) is 5.22. The molecule has 25 heavy (non-hydrogen) atoms. The summed E-state index contributed by atoms with van der Waals surface area (Å²) >= 11 is 1.56. The number of pyridine rings is 1. The van der Waals surface area contributed by atoms with Gasteiger partial charge in [0.05, 0.1) is 22.2 Å². The van der Waals surface area contributed by atoms with Gasteiger partial charge in [-0.3, -0.25) is 0 Å². The Balaban J connectivity index is 2.04. The topological polar surface area (TPSA) is 91.4 Å². The van der Waals surface area contributed by atoms with Crippen LogP contribution in [0.2, 0.25) is 0 Å². The van der Waals surface area contributed by atoms with Gasteiger partial charge in [-0.2, -0.15) is 5.26 Å². The van der Waals surface area contributed by atoms with Crippen molar-refractivity contribution in [3.05, 3.63) is 52.5 Å². The summed E-state index contributed by atoms with van der Waals surface area (Å²) < 4.78 is 0. The van der Waals surface area contributed by atoms with Crippen molar-refractivity contribution >= 4 is 28.2 Å². The molecule has 4 rings (SSSR count). The lowest BCUT2D eigenvalue weighted by atomic mass is 10.0. The third-order valence-electron chi connectivity index (χ3n) is 4.33. The molecule has 0 fully saturated rings. The maximum absolute atomic E-state index is 9.54. The van der Waals surface area contributed by atoms with Crippen LogP contribution in [0.4, 0.5) is 5.82 Å². The second-order valence-electron chi connectivity index (χ2n) is 5.94. The minimum atomic E-state index is 0.356. The fourth-order valence-electron chi connectivity index (χ4n) is 2.92. The van der Waals surface area contributed by atoms with E-state index in [0.717, 1.165) is 21.5 Å². The van der Waals surface area contributed by atoms with Crippen LogP contribution >= 0.6 is 11.3 Å². The molecule has 0 aliphatic heterocycles. The van der Waals surface area contributed by atoms with Crippen molar-refractivity contribution in [2.75, 3.05) is 5.73 Å². The molecule has 3 N–H and O–H groups in total. The van der Waals surface area contributed by atoms with Gasteiger partial charge >= 0.3 is 0 Å². The summed E-state index contributed by atoms with van der Waals surface area (Å²) in [6.45, 7) is 4.13. The zero-order valence-corrected chi connectivity index (χ0v) is 14.6. The minimum absolute atomic E-state index is 0.356. The van der Waals surface area contributed by atoms with E-state index in [-0.39, 0.29) is 0 Å². The third kappa shape index (κ3) is 2.46. The van der Waals surface area contributed by atoms with Crippen molar-refractivity contribution in [2.24, 2.45) is 0 Å². The van der Waals surface area contributed by atoms with E-state index in [0.29, 0.717) is 22.8 Å². The molecular weight excluding hydrogens is 330 g/mol. The van der Waals surface area contributed by atoms with Crippen LogP contribution in [-0.4, -0.2) is 15.0 Å². The van der Waals surface area contributed by atoms with Crippen molar-refractivity contribution in [3.8, 4) is 27.9 Å². The minimum Gasteiger partial charge on any atom is -0.383 e. The molecule has 0 saturated heterocycles. The number of hydrogen-bond acceptors (Lipinski definition) is 5. The molecule has 0 amide bonds. The number of imidazole rings is 1. The molecule has 122 valence electrons. The average Bonchev–Trinajstić information content (AvgIpc) is 3.24. The van der Waals surface area contributed by atoms with E-state index in [1.54, 1.807) is 11.3 Å². The molecule has 0 unspecified atom stereocenters. The van der Waals surface area contributed by atoms with Crippen LogP contribution in [0.15, 0.2) is 35.8 Å². The standard InChI is InChI=1S/C19H15N5S/c1-10-6-13-14(7-11(10)2)24-19(23-13)17-16(15-4-3-5-25-15)12(8-20)9-22-18(17)21/h3-7,9H,1-2H3,(H2,21,22)(H,23,24). The van der Waals surface area contributed by atoms with Gasteiger partial charge in [0.2, 0.25) is 0 Å². The summed E-state index contributed by atoms with van der Waals surface area (Å²) in [6.07, 6.45) is 1.52. The van der Waals surface area contributed by atoms with Gasteiger partial charge in [0.1, 0.15) is 17.7 Å². The number of hydrogen-bond donors (Lipinski definition) is 2. The second-order valence-corrected chi connectivity index (χ2v) is 6.88. The van der Waals surface area contributed by atoms with Gasteiger partial charge in [0.25, 0.3) is 0 Å². The van der Waals surface area contributed by atoms with Gasteiger partial charge in [-0.15, -0.1) is 11.3 Å². The molecule has 0 saturated carbocycles. The molecular formula is C19H15N5S. The Hall–Kier alpha value is -3.17. The number of aromatic amines is 1. The van der Waals surface area contributed by atoms with Gasteiger partial charge in [0.15, 0.2) is 0 Å². The molecule has 5 nitrogen and oxygen atoms in total. The first-order valence-corrected chi connectivity index (χ1v) is 8.66. The van der Waals surface area contributed by atoms with Crippen molar-refractivity contribution in [2.45, 2.75) is 13.8 Å². The first-order valence-electron chi connectivity index (χ1n) is 7.78. The van der Waals surface area contributed by atoms with Gasteiger partial charge in [-0.1, -0.05) is 6.07 Å². The Bertz CT molecular complexity index is 1090. The smallest absolute Gasteiger partial charge is 0.142 e. The number of nitrogens with two attached hydrogens (primary N) is 1. The number of rotatable bonds is 2. The fourth-order valence-corrected chi connectivity index (χ4v) is 3.71. The predicted octanol–water partition coefficient (Wildman–Crippen LogP) is 4.42. The molecule has 3 heterocycles.